The monoisotopic (exact) mass is 309 g/mol. The van der Waals surface area contributed by atoms with Crippen molar-refractivity contribution in [3.63, 3.8) is 0 Å². The molecule has 1 N–H and O–H groups in total. The van der Waals surface area contributed by atoms with Gasteiger partial charge in [0.15, 0.2) is 0 Å². The molecule has 0 spiro atoms. The Kier molecular flexibility index (Phi) is 5.09. The number of anilines is 1. The van der Waals surface area contributed by atoms with E-state index >= 15 is 0 Å². The highest BCUT2D eigenvalue weighted by atomic mass is 35.5. The zero-order chi connectivity index (χ0) is 14.5. The Morgan fingerprint density at radius 3 is 2.70 bits per heavy atom. The van der Waals surface area contributed by atoms with Crippen molar-refractivity contribution in [3.05, 3.63) is 39.9 Å². The maximum atomic E-state index is 11.8. The summed E-state index contributed by atoms with van der Waals surface area (Å²) in [5.41, 5.74) is 1.12. The van der Waals surface area contributed by atoms with Crippen LogP contribution in [-0.4, -0.2) is 16.1 Å². The van der Waals surface area contributed by atoms with Gasteiger partial charge in [0, 0.05) is 17.4 Å². The highest BCUT2D eigenvalue weighted by molar-refractivity contribution is 7.15. The lowest BCUT2D eigenvalue weighted by molar-refractivity contribution is -0.119. The summed E-state index contributed by atoms with van der Waals surface area (Å²) < 4.78 is 0. The largest absolute Gasteiger partial charge is 0.300 e. The molecule has 0 aliphatic heterocycles. The molecule has 0 saturated carbocycles. The normalized spacial score (nSPS) is 12.2. The summed E-state index contributed by atoms with van der Waals surface area (Å²) in [6, 6.07) is 7.62. The summed E-state index contributed by atoms with van der Waals surface area (Å²) in [5.74, 6) is -0.0275. The van der Waals surface area contributed by atoms with Gasteiger partial charge in [-0.05, 0) is 24.1 Å². The van der Waals surface area contributed by atoms with E-state index in [-0.39, 0.29) is 11.8 Å². The van der Waals surface area contributed by atoms with Gasteiger partial charge in [0.1, 0.15) is 5.01 Å². The molecule has 0 bridgehead atoms. The molecule has 2 rings (SSSR count). The number of hydrogen-bond donors (Lipinski definition) is 1. The van der Waals surface area contributed by atoms with Crippen LogP contribution in [0, 0.1) is 5.92 Å². The molecule has 0 fully saturated rings. The summed E-state index contributed by atoms with van der Waals surface area (Å²) in [6.45, 7) is 3.88. The summed E-state index contributed by atoms with van der Waals surface area (Å²) >= 11 is 7.25. The fourth-order valence-corrected chi connectivity index (χ4v) is 2.47. The van der Waals surface area contributed by atoms with E-state index in [1.54, 1.807) is 0 Å². The van der Waals surface area contributed by atoms with Gasteiger partial charge in [-0.25, -0.2) is 0 Å². The number of amides is 1. The minimum atomic E-state index is -0.0152. The van der Waals surface area contributed by atoms with Crippen LogP contribution in [0.25, 0.3) is 0 Å². The summed E-state index contributed by atoms with van der Waals surface area (Å²) in [5, 5.41) is 13.0. The van der Waals surface area contributed by atoms with Gasteiger partial charge in [0.2, 0.25) is 11.0 Å². The number of nitrogens with zero attached hydrogens (tertiary/aromatic N) is 2. The van der Waals surface area contributed by atoms with E-state index in [4.69, 9.17) is 11.6 Å². The average Bonchev–Trinajstić information content (AvgIpc) is 2.87. The Morgan fingerprint density at radius 2 is 2.05 bits per heavy atom. The Hall–Kier alpha value is -1.46. The van der Waals surface area contributed by atoms with Crippen LogP contribution in [0.15, 0.2) is 24.3 Å². The van der Waals surface area contributed by atoms with Crippen LogP contribution >= 0.6 is 22.9 Å². The second-order valence-electron chi connectivity index (χ2n) is 4.60. The van der Waals surface area contributed by atoms with E-state index in [0.29, 0.717) is 16.6 Å². The number of nitrogens with one attached hydrogen (secondary N) is 1. The number of benzene rings is 1. The minimum absolute atomic E-state index is 0.0123. The van der Waals surface area contributed by atoms with Gasteiger partial charge in [-0.2, -0.15) is 0 Å². The molecule has 20 heavy (non-hydrogen) atoms. The Morgan fingerprint density at radius 1 is 1.35 bits per heavy atom. The SMILES string of the molecule is CC[C@H](C)C(=O)Nc1nnc(Cc2ccc(Cl)cc2)s1. The number of rotatable bonds is 5. The van der Waals surface area contributed by atoms with Crippen molar-refractivity contribution >= 4 is 34.0 Å². The topological polar surface area (TPSA) is 54.9 Å². The van der Waals surface area contributed by atoms with Gasteiger partial charge >= 0.3 is 0 Å². The van der Waals surface area contributed by atoms with E-state index in [2.05, 4.69) is 15.5 Å². The third-order valence-electron chi connectivity index (χ3n) is 3.03. The number of carbonyl (C=O) groups excluding carboxylic acids is 1. The molecule has 1 aromatic heterocycles. The molecule has 2 aromatic rings. The van der Waals surface area contributed by atoms with Crippen molar-refractivity contribution < 1.29 is 4.79 Å². The van der Waals surface area contributed by atoms with E-state index in [9.17, 15) is 4.79 Å². The fourth-order valence-electron chi connectivity index (χ4n) is 1.57. The molecule has 1 heterocycles. The molecule has 0 aliphatic rings. The second kappa shape index (κ2) is 6.81. The first-order chi connectivity index (χ1) is 9.58. The molecule has 4 nitrogen and oxygen atoms in total. The third-order valence-corrected chi connectivity index (χ3v) is 4.12. The van der Waals surface area contributed by atoms with Crippen LogP contribution in [0.5, 0.6) is 0 Å². The maximum absolute atomic E-state index is 11.8. The predicted octanol–water partition coefficient (Wildman–Crippen LogP) is 3.77. The van der Waals surface area contributed by atoms with Crippen molar-refractivity contribution in [1.82, 2.24) is 10.2 Å². The Labute approximate surface area is 127 Å². The predicted molar refractivity (Wildman–Crippen MR) is 82.3 cm³/mol. The number of hydrogen-bond acceptors (Lipinski definition) is 4. The lowest BCUT2D eigenvalue weighted by Crippen LogP contribution is -2.19. The number of aromatic nitrogens is 2. The first-order valence-corrected chi connectivity index (χ1v) is 7.65. The van der Waals surface area contributed by atoms with Gasteiger partial charge in [0.25, 0.3) is 0 Å². The smallest absolute Gasteiger partial charge is 0.229 e. The molecule has 0 saturated heterocycles. The highest BCUT2D eigenvalue weighted by Gasteiger charge is 2.13. The van der Waals surface area contributed by atoms with E-state index in [1.165, 1.54) is 11.3 Å². The second-order valence-corrected chi connectivity index (χ2v) is 6.10. The summed E-state index contributed by atoms with van der Waals surface area (Å²) in [6.07, 6.45) is 1.50. The summed E-state index contributed by atoms with van der Waals surface area (Å²) in [4.78, 5) is 11.8. The first-order valence-electron chi connectivity index (χ1n) is 6.46. The molecule has 106 valence electrons. The summed E-state index contributed by atoms with van der Waals surface area (Å²) in [7, 11) is 0. The molecule has 0 radical (unpaired) electrons. The van der Waals surface area contributed by atoms with Gasteiger partial charge < -0.3 is 5.32 Å². The average molecular weight is 310 g/mol. The molecule has 1 atom stereocenters. The van der Waals surface area contributed by atoms with Crippen molar-refractivity contribution in [2.24, 2.45) is 5.92 Å². The lowest BCUT2D eigenvalue weighted by Gasteiger charge is -2.06. The van der Waals surface area contributed by atoms with Crippen molar-refractivity contribution in [2.45, 2.75) is 26.7 Å². The van der Waals surface area contributed by atoms with Gasteiger partial charge in [-0.1, -0.05) is 48.9 Å². The van der Waals surface area contributed by atoms with Crippen LogP contribution < -0.4 is 5.32 Å². The number of carbonyl (C=O) groups is 1. The van der Waals surface area contributed by atoms with E-state index in [0.717, 1.165) is 17.0 Å². The molecule has 0 aliphatic carbocycles. The molecular weight excluding hydrogens is 294 g/mol. The molecule has 6 heteroatoms. The standard InChI is InChI=1S/C14H16ClN3OS/c1-3-9(2)13(19)16-14-18-17-12(20-14)8-10-4-6-11(15)7-5-10/h4-7,9H,3,8H2,1-2H3,(H,16,18,19)/t9-/m0/s1. The van der Waals surface area contributed by atoms with E-state index in [1.807, 2.05) is 38.1 Å². The Balaban J connectivity index is 1.98. The van der Waals surface area contributed by atoms with Crippen LogP contribution in [0.2, 0.25) is 5.02 Å². The van der Waals surface area contributed by atoms with Crippen LogP contribution in [0.1, 0.15) is 30.8 Å². The van der Waals surface area contributed by atoms with Crippen LogP contribution in [-0.2, 0) is 11.2 Å². The first kappa shape index (κ1) is 14.9. The van der Waals surface area contributed by atoms with Crippen LogP contribution in [0.4, 0.5) is 5.13 Å². The van der Waals surface area contributed by atoms with Gasteiger partial charge in [0.05, 0.1) is 0 Å². The molecule has 1 amide bonds. The molecular formula is C14H16ClN3OS. The maximum Gasteiger partial charge on any atom is 0.229 e. The van der Waals surface area contributed by atoms with E-state index < -0.39 is 0 Å². The Bertz CT molecular complexity index is 582. The number of halogens is 1. The lowest BCUT2D eigenvalue weighted by atomic mass is 10.1. The zero-order valence-corrected chi connectivity index (χ0v) is 13.0. The van der Waals surface area contributed by atoms with Gasteiger partial charge in [-0.3, -0.25) is 4.79 Å². The molecule has 0 unspecified atom stereocenters. The van der Waals surface area contributed by atoms with Crippen molar-refractivity contribution in [2.75, 3.05) is 5.32 Å². The minimum Gasteiger partial charge on any atom is -0.300 e. The van der Waals surface area contributed by atoms with Crippen molar-refractivity contribution in [1.29, 1.82) is 0 Å². The molecule has 1 aromatic carbocycles. The quantitative estimate of drug-likeness (QED) is 0.914. The fraction of sp³-hybridized carbons (Fsp3) is 0.357. The zero-order valence-electron chi connectivity index (χ0n) is 11.4. The van der Waals surface area contributed by atoms with Crippen molar-refractivity contribution in [3.8, 4) is 0 Å². The van der Waals surface area contributed by atoms with Gasteiger partial charge in [-0.15, -0.1) is 10.2 Å². The van der Waals surface area contributed by atoms with Crippen LogP contribution in [0.3, 0.4) is 0 Å². The highest BCUT2D eigenvalue weighted by Crippen LogP contribution is 2.20. The third kappa shape index (κ3) is 4.02.